The minimum atomic E-state index is -0.171. The van der Waals surface area contributed by atoms with E-state index in [1.165, 1.54) is 6.33 Å². The second kappa shape index (κ2) is 6.09. The van der Waals surface area contributed by atoms with E-state index in [-0.39, 0.29) is 5.91 Å². The average Bonchev–Trinajstić information content (AvgIpc) is 3.10. The third-order valence-electron chi connectivity index (χ3n) is 3.16. The first kappa shape index (κ1) is 13.8. The highest BCUT2D eigenvalue weighted by molar-refractivity contribution is 6.04. The molecule has 3 aromatic rings. The number of nitrogens with zero attached hydrogens (tertiary/aromatic N) is 3. The molecule has 1 aromatic heterocycles. The average molecular weight is 294 g/mol. The summed E-state index contributed by atoms with van der Waals surface area (Å²) in [6.45, 7) is 0. The van der Waals surface area contributed by atoms with Gasteiger partial charge in [-0.15, -0.1) is 0 Å². The van der Waals surface area contributed by atoms with Crippen LogP contribution in [0.5, 0.6) is 5.75 Å². The van der Waals surface area contributed by atoms with Gasteiger partial charge in [0.15, 0.2) is 0 Å². The quantitative estimate of drug-likeness (QED) is 0.802. The van der Waals surface area contributed by atoms with Crippen LogP contribution in [-0.2, 0) is 0 Å². The number of benzene rings is 2. The van der Waals surface area contributed by atoms with Crippen LogP contribution in [0.3, 0.4) is 0 Å². The molecule has 3 rings (SSSR count). The van der Waals surface area contributed by atoms with Crippen LogP contribution in [0.15, 0.2) is 61.2 Å². The number of rotatable bonds is 4. The zero-order chi connectivity index (χ0) is 15.4. The zero-order valence-electron chi connectivity index (χ0n) is 11.9. The fraction of sp³-hybridized carbons (Fsp3) is 0.0625. The van der Waals surface area contributed by atoms with Gasteiger partial charge in [-0.3, -0.25) is 4.79 Å². The van der Waals surface area contributed by atoms with E-state index in [0.717, 1.165) is 11.4 Å². The van der Waals surface area contributed by atoms with Crippen molar-refractivity contribution in [2.75, 3.05) is 12.4 Å². The van der Waals surface area contributed by atoms with Gasteiger partial charge in [0.05, 0.1) is 12.8 Å². The molecule has 1 heterocycles. The largest absolute Gasteiger partial charge is 0.497 e. The number of nitrogens with one attached hydrogen (secondary N) is 1. The van der Waals surface area contributed by atoms with Crippen LogP contribution in [0.2, 0.25) is 0 Å². The number of carbonyl (C=O) groups excluding carboxylic acids is 1. The van der Waals surface area contributed by atoms with Crippen LogP contribution in [0, 0.1) is 0 Å². The van der Waals surface area contributed by atoms with Crippen molar-refractivity contribution in [1.29, 1.82) is 0 Å². The van der Waals surface area contributed by atoms with E-state index in [1.54, 1.807) is 54.5 Å². The Labute approximate surface area is 127 Å². The highest BCUT2D eigenvalue weighted by Gasteiger charge is 2.07. The standard InChI is InChI=1S/C16H14N4O2/c1-22-15-8-4-13(5-9-15)19-16(21)12-2-6-14(7-3-12)20-11-17-10-18-20/h2-11H,1H3,(H,19,21). The normalized spacial score (nSPS) is 10.2. The Morgan fingerprint density at radius 1 is 1.09 bits per heavy atom. The summed E-state index contributed by atoms with van der Waals surface area (Å²) in [4.78, 5) is 16.1. The molecule has 110 valence electrons. The van der Waals surface area contributed by atoms with Crippen molar-refractivity contribution in [3.63, 3.8) is 0 Å². The Balaban J connectivity index is 1.71. The van der Waals surface area contributed by atoms with Crippen molar-refractivity contribution >= 4 is 11.6 Å². The lowest BCUT2D eigenvalue weighted by molar-refractivity contribution is 0.102. The minimum Gasteiger partial charge on any atom is -0.497 e. The number of aromatic nitrogens is 3. The summed E-state index contributed by atoms with van der Waals surface area (Å²) < 4.78 is 6.71. The second-order valence-electron chi connectivity index (χ2n) is 4.57. The summed E-state index contributed by atoms with van der Waals surface area (Å²) in [7, 11) is 1.60. The molecule has 22 heavy (non-hydrogen) atoms. The molecule has 1 amide bonds. The minimum absolute atomic E-state index is 0.171. The van der Waals surface area contributed by atoms with Gasteiger partial charge in [-0.25, -0.2) is 9.67 Å². The Kier molecular flexibility index (Phi) is 3.82. The molecular weight excluding hydrogens is 280 g/mol. The third-order valence-corrected chi connectivity index (χ3v) is 3.16. The van der Waals surface area contributed by atoms with Gasteiger partial charge in [-0.05, 0) is 48.5 Å². The van der Waals surface area contributed by atoms with Crippen molar-refractivity contribution in [1.82, 2.24) is 14.8 Å². The van der Waals surface area contributed by atoms with Crippen LogP contribution in [0.4, 0.5) is 5.69 Å². The predicted octanol–water partition coefficient (Wildman–Crippen LogP) is 2.53. The molecule has 0 spiro atoms. The first-order chi connectivity index (χ1) is 10.8. The van der Waals surface area contributed by atoms with Crippen LogP contribution in [0.1, 0.15) is 10.4 Å². The maximum atomic E-state index is 12.2. The molecule has 6 heteroatoms. The van der Waals surface area contributed by atoms with E-state index < -0.39 is 0 Å². The number of ether oxygens (including phenoxy) is 1. The number of amides is 1. The van der Waals surface area contributed by atoms with Crippen molar-refractivity contribution in [2.24, 2.45) is 0 Å². The number of carbonyl (C=O) groups is 1. The number of hydrogen-bond acceptors (Lipinski definition) is 4. The summed E-state index contributed by atoms with van der Waals surface area (Å²) in [6, 6.07) is 14.3. The summed E-state index contributed by atoms with van der Waals surface area (Å²) in [6.07, 6.45) is 3.07. The first-order valence-electron chi connectivity index (χ1n) is 6.67. The second-order valence-corrected chi connectivity index (χ2v) is 4.57. The molecular formula is C16H14N4O2. The highest BCUT2D eigenvalue weighted by Crippen LogP contribution is 2.16. The first-order valence-corrected chi connectivity index (χ1v) is 6.67. The summed E-state index contributed by atoms with van der Waals surface area (Å²) in [5.74, 6) is 0.575. The van der Waals surface area contributed by atoms with Gasteiger partial charge < -0.3 is 10.1 Å². The van der Waals surface area contributed by atoms with Crippen LogP contribution in [0.25, 0.3) is 5.69 Å². The molecule has 0 fully saturated rings. The fourth-order valence-corrected chi connectivity index (χ4v) is 1.98. The molecule has 0 atom stereocenters. The molecule has 0 radical (unpaired) electrons. The summed E-state index contributed by atoms with van der Waals surface area (Å²) >= 11 is 0. The van der Waals surface area contributed by atoms with Crippen molar-refractivity contribution in [3.8, 4) is 11.4 Å². The Hall–Kier alpha value is -3.15. The molecule has 2 aromatic carbocycles. The lowest BCUT2D eigenvalue weighted by Gasteiger charge is -2.07. The van der Waals surface area contributed by atoms with Crippen molar-refractivity contribution < 1.29 is 9.53 Å². The molecule has 6 nitrogen and oxygen atoms in total. The van der Waals surface area contributed by atoms with Crippen LogP contribution >= 0.6 is 0 Å². The Morgan fingerprint density at radius 3 is 2.41 bits per heavy atom. The van der Waals surface area contributed by atoms with Crippen molar-refractivity contribution in [3.05, 3.63) is 66.7 Å². The fourth-order valence-electron chi connectivity index (χ4n) is 1.98. The van der Waals surface area contributed by atoms with Gasteiger partial charge in [-0.2, -0.15) is 5.10 Å². The van der Waals surface area contributed by atoms with E-state index in [2.05, 4.69) is 15.4 Å². The molecule has 0 aliphatic carbocycles. The number of methoxy groups -OCH3 is 1. The van der Waals surface area contributed by atoms with Crippen molar-refractivity contribution in [2.45, 2.75) is 0 Å². The molecule has 0 saturated carbocycles. The third kappa shape index (κ3) is 2.95. The Bertz CT molecular complexity index is 750. The molecule has 0 unspecified atom stereocenters. The van der Waals surface area contributed by atoms with Gasteiger partial charge in [0.25, 0.3) is 5.91 Å². The maximum absolute atomic E-state index is 12.2. The van der Waals surface area contributed by atoms with E-state index >= 15 is 0 Å². The highest BCUT2D eigenvalue weighted by atomic mass is 16.5. The van der Waals surface area contributed by atoms with Crippen LogP contribution < -0.4 is 10.1 Å². The molecule has 0 aliphatic rings. The maximum Gasteiger partial charge on any atom is 0.255 e. The topological polar surface area (TPSA) is 69.0 Å². The molecule has 0 aliphatic heterocycles. The van der Waals surface area contributed by atoms with Crippen LogP contribution in [-0.4, -0.2) is 27.8 Å². The predicted molar refractivity (Wildman–Crippen MR) is 82.3 cm³/mol. The molecule has 1 N–H and O–H groups in total. The SMILES string of the molecule is COc1ccc(NC(=O)c2ccc(-n3cncn3)cc2)cc1. The van der Waals surface area contributed by atoms with Gasteiger partial charge in [-0.1, -0.05) is 0 Å². The summed E-state index contributed by atoms with van der Waals surface area (Å²) in [5.41, 5.74) is 2.13. The monoisotopic (exact) mass is 294 g/mol. The van der Waals surface area contributed by atoms with E-state index in [0.29, 0.717) is 11.3 Å². The lowest BCUT2D eigenvalue weighted by atomic mass is 10.2. The van der Waals surface area contributed by atoms with Gasteiger partial charge in [0.2, 0.25) is 0 Å². The molecule has 0 bridgehead atoms. The zero-order valence-corrected chi connectivity index (χ0v) is 11.9. The number of hydrogen-bond donors (Lipinski definition) is 1. The number of anilines is 1. The lowest BCUT2D eigenvalue weighted by Crippen LogP contribution is -2.11. The smallest absolute Gasteiger partial charge is 0.255 e. The van der Waals surface area contributed by atoms with Gasteiger partial charge >= 0.3 is 0 Å². The van der Waals surface area contributed by atoms with E-state index in [4.69, 9.17) is 4.74 Å². The summed E-state index contributed by atoms with van der Waals surface area (Å²) in [5, 5.41) is 6.87. The molecule has 0 saturated heterocycles. The van der Waals surface area contributed by atoms with E-state index in [9.17, 15) is 4.79 Å². The van der Waals surface area contributed by atoms with Gasteiger partial charge in [0, 0.05) is 11.3 Å². The van der Waals surface area contributed by atoms with E-state index in [1.807, 2.05) is 12.1 Å². The van der Waals surface area contributed by atoms with Gasteiger partial charge in [0.1, 0.15) is 18.4 Å². The Morgan fingerprint density at radius 2 is 1.82 bits per heavy atom.